The Labute approximate surface area is 231 Å². The van der Waals surface area contributed by atoms with Crippen LogP contribution in [0.1, 0.15) is 39.3 Å². The molecule has 38 heavy (non-hydrogen) atoms. The smallest absolute Gasteiger partial charge is 0.407 e. The second kappa shape index (κ2) is 10.8. The molecule has 0 bridgehead atoms. The van der Waals surface area contributed by atoms with Crippen molar-refractivity contribution in [2.75, 3.05) is 13.1 Å². The minimum atomic E-state index is -0.896. The van der Waals surface area contributed by atoms with Crippen LogP contribution < -0.4 is 0 Å². The first-order chi connectivity index (χ1) is 18.5. The van der Waals surface area contributed by atoms with Crippen molar-refractivity contribution >= 4 is 51.0 Å². The average molecular weight is 541 g/mol. The summed E-state index contributed by atoms with van der Waals surface area (Å²) in [6.45, 7) is 1.29. The van der Waals surface area contributed by atoms with E-state index in [1.165, 1.54) is 15.7 Å². The van der Waals surface area contributed by atoms with Crippen LogP contribution in [-0.2, 0) is 11.3 Å². The minimum Gasteiger partial charge on any atom is -0.465 e. The van der Waals surface area contributed by atoms with Gasteiger partial charge in [-0.1, -0.05) is 72.8 Å². The number of hydrogen-bond acceptors (Lipinski definition) is 5. The highest BCUT2D eigenvalue weighted by Crippen LogP contribution is 2.36. The molecule has 0 spiro atoms. The topological polar surface area (TPSA) is 62.7 Å². The van der Waals surface area contributed by atoms with E-state index >= 15 is 0 Å². The summed E-state index contributed by atoms with van der Waals surface area (Å²) in [5.74, 6) is 0.112. The Kier molecular flexibility index (Phi) is 7.06. The van der Waals surface area contributed by atoms with Crippen LogP contribution in [-0.4, -0.2) is 40.3 Å². The van der Waals surface area contributed by atoms with Crippen LogP contribution >= 0.6 is 24.0 Å². The number of nitrogens with zero attached hydrogens (tertiary/aromatic N) is 2. The third-order valence-corrected chi connectivity index (χ3v) is 9.15. The Morgan fingerprint density at radius 1 is 1.03 bits per heavy atom. The summed E-state index contributed by atoms with van der Waals surface area (Å²) < 4.78 is 7.58. The first kappa shape index (κ1) is 24.9. The fourth-order valence-electron chi connectivity index (χ4n) is 5.25. The number of benzene rings is 4. The van der Waals surface area contributed by atoms with E-state index in [1.54, 1.807) is 11.3 Å². The Morgan fingerprint density at radius 2 is 1.79 bits per heavy atom. The number of thiazole rings is 1. The van der Waals surface area contributed by atoms with Crippen molar-refractivity contribution in [2.24, 2.45) is 0 Å². The maximum Gasteiger partial charge on any atom is 0.407 e. The van der Waals surface area contributed by atoms with E-state index in [1.807, 2.05) is 30.3 Å². The molecule has 0 saturated carbocycles. The summed E-state index contributed by atoms with van der Waals surface area (Å²) in [5, 5.41) is 12.9. The van der Waals surface area contributed by atoms with Gasteiger partial charge >= 0.3 is 6.09 Å². The standard InChI is InChI=1S/C31H28N2O3S2/c34-31(35)33-16-15-25(27(18-33)36-19-20-9-10-21-5-1-2-6-24(21)17-20)22-11-13-23(14-12-22)29(37)30-32-26-7-3-4-8-28(26)38-30/h1-14,17,25,27,29,37H,15-16,18-19H2,(H,34,35). The van der Waals surface area contributed by atoms with Crippen molar-refractivity contribution in [3.05, 3.63) is 113 Å². The number of carbonyl (C=O) groups is 1. The second-order valence-corrected chi connectivity index (χ2v) is 11.3. The quantitative estimate of drug-likeness (QED) is 0.219. The highest BCUT2D eigenvalue weighted by molar-refractivity contribution is 7.81. The fraction of sp³-hybridized carbons (Fsp3) is 0.226. The van der Waals surface area contributed by atoms with Gasteiger partial charge in [0.15, 0.2) is 0 Å². The van der Waals surface area contributed by atoms with Crippen molar-refractivity contribution in [1.29, 1.82) is 0 Å². The number of amides is 1. The fourth-order valence-corrected chi connectivity index (χ4v) is 6.62. The van der Waals surface area contributed by atoms with Gasteiger partial charge < -0.3 is 14.7 Å². The van der Waals surface area contributed by atoms with Crippen LogP contribution in [0.15, 0.2) is 91.0 Å². The molecule has 6 rings (SSSR count). The van der Waals surface area contributed by atoms with Gasteiger partial charge in [0.25, 0.3) is 0 Å². The van der Waals surface area contributed by atoms with Crippen molar-refractivity contribution in [3.63, 3.8) is 0 Å². The van der Waals surface area contributed by atoms with Crippen molar-refractivity contribution < 1.29 is 14.6 Å². The molecule has 1 aromatic heterocycles. The largest absolute Gasteiger partial charge is 0.465 e. The molecule has 1 amide bonds. The van der Waals surface area contributed by atoms with Gasteiger partial charge in [-0.3, -0.25) is 0 Å². The number of para-hydroxylation sites is 1. The van der Waals surface area contributed by atoms with Gasteiger partial charge in [0.2, 0.25) is 0 Å². The molecule has 3 unspecified atom stereocenters. The average Bonchev–Trinajstić information content (AvgIpc) is 3.40. The number of piperidine rings is 1. The van der Waals surface area contributed by atoms with E-state index in [9.17, 15) is 9.90 Å². The minimum absolute atomic E-state index is 0.102. The van der Waals surface area contributed by atoms with E-state index in [2.05, 4.69) is 60.7 Å². The molecule has 5 nitrogen and oxygen atoms in total. The summed E-state index contributed by atoms with van der Waals surface area (Å²) in [7, 11) is 0. The molecule has 1 aliphatic heterocycles. The monoisotopic (exact) mass is 540 g/mol. The number of ether oxygens (including phenoxy) is 1. The van der Waals surface area contributed by atoms with Crippen LogP contribution in [0.2, 0.25) is 0 Å². The molecule has 1 N–H and O–H groups in total. The molecular formula is C31H28N2O3S2. The zero-order valence-corrected chi connectivity index (χ0v) is 22.4. The maximum atomic E-state index is 11.7. The lowest BCUT2D eigenvalue weighted by molar-refractivity contribution is -0.0199. The van der Waals surface area contributed by atoms with Crippen LogP contribution in [0, 0.1) is 0 Å². The molecule has 5 aromatic rings. The van der Waals surface area contributed by atoms with E-state index in [4.69, 9.17) is 22.3 Å². The van der Waals surface area contributed by atoms with Gasteiger partial charge in [-0.2, -0.15) is 12.6 Å². The maximum absolute atomic E-state index is 11.7. The number of aromatic nitrogens is 1. The number of fused-ring (bicyclic) bond motifs is 2. The number of rotatable bonds is 6. The van der Waals surface area contributed by atoms with Crippen molar-refractivity contribution in [3.8, 4) is 0 Å². The SMILES string of the molecule is O=C(O)N1CCC(c2ccc(C(S)c3nc4ccccc4s3)cc2)C(OCc2ccc3ccccc3c2)C1. The summed E-state index contributed by atoms with van der Waals surface area (Å²) in [6.07, 6.45) is -0.406. The lowest BCUT2D eigenvalue weighted by Gasteiger charge is -2.37. The van der Waals surface area contributed by atoms with Crippen LogP contribution in [0.3, 0.4) is 0 Å². The summed E-state index contributed by atoms with van der Waals surface area (Å²) in [6, 6.07) is 31.2. The van der Waals surface area contributed by atoms with E-state index in [0.717, 1.165) is 38.3 Å². The molecule has 1 saturated heterocycles. The van der Waals surface area contributed by atoms with Gasteiger partial charge in [0, 0.05) is 12.5 Å². The van der Waals surface area contributed by atoms with Gasteiger partial charge in [-0.25, -0.2) is 9.78 Å². The molecule has 0 aliphatic carbocycles. The predicted molar refractivity (Wildman–Crippen MR) is 156 cm³/mol. The molecule has 2 heterocycles. The molecule has 3 atom stereocenters. The first-order valence-corrected chi connectivity index (χ1v) is 14.1. The molecule has 1 fully saturated rings. The predicted octanol–water partition coefficient (Wildman–Crippen LogP) is 7.52. The zero-order valence-electron chi connectivity index (χ0n) is 20.7. The summed E-state index contributed by atoms with van der Waals surface area (Å²) in [5.41, 5.74) is 4.33. The van der Waals surface area contributed by atoms with Crippen LogP contribution in [0.5, 0.6) is 0 Å². The molecule has 0 radical (unpaired) electrons. The van der Waals surface area contributed by atoms with E-state index in [0.29, 0.717) is 19.7 Å². The zero-order chi connectivity index (χ0) is 26.1. The number of hydrogen-bond donors (Lipinski definition) is 2. The Balaban J connectivity index is 1.20. The second-order valence-electron chi connectivity index (χ2n) is 9.74. The van der Waals surface area contributed by atoms with E-state index in [-0.39, 0.29) is 17.3 Å². The highest BCUT2D eigenvalue weighted by Gasteiger charge is 2.33. The van der Waals surface area contributed by atoms with Gasteiger partial charge in [-0.05, 0) is 52.1 Å². The first-order valence-electron chi connectivity index (χ1n) is 12.8. The molecular weight excluding hydrogens is 512 g/mol. The molecule has 4 aromatic carbocycles. The van der Waals surface area contributed by atoms with E-state index < -0.39 is 6.09 Å². The molecule has 192 valence electrons. The summed E-state index contributed by atoms with van der Waals surface area (Å²) >= 11 is 6.56. The Morgan fingerprint density at radius 3 is 2.58 bits per heavy atom. The Hall–Kier alpha value is -3.39. The third kappa shape index (κ3) is 5.14. The lowest BCUT2D eigenvalue weighted by atomic mass is 9.86. The van der Waals surface area contributed by atoms with Gasteiger partial charge in [0.05, 0.1) is 34.7 Å². The number of thiol groups is 1. The number of carboxylic acid groups (broad SMARTS) is 1. The van der Waals surface area contributed by atoms with Crippen LogP contribution in [0.4, 0.5) is 4.79 Å². The normalized spacial score (nSPS) is 18.6. The van der Waals surface area contributed by atoms with Gasteiger partial charge in [-0.15, -0.1) is 11.3 Å². The number of likely N-dealkylation sites (tertiary alicyclic amines) is 1. The molecule has 1 aliphatic rings. The molecule has 7 heteroatoms. The lowest BCUT2D eigenvalue weighted by Crippen LogP contribution is -2.46. The Bertz CT molecular complexity index is 1550. The van der Waals surface area contributed by atoms with Crippen molar-refractivity contribution in [2.45, 2.75) is 30.3 Å². The third-order valence-electron chi connectivity index (χ3n) is 7.33. The highest BCUT2D eigenvalue weighted by atomic mass is 32.1. The summed E-state index contributed by atoms with van der Waals surface area (Å²) in [4.78, 5) is 18.0. The van der Waals surface area contributed by atoms with Crippen molar-refractivity contribution in [1.82, 2.24) is 9.88 Å². The van der Waals surface area contributed by atoms with Crippen LogP contribution in [0.25, 0.3) is 21.0 Å². The van der Waals surface area contributed by atoms with Gasteiger partial charge in [0.1, 0.15) is 5.01 Å².